The number of hydrogen-bond acceptors (Lipinski definition) is 4. The van der Waals surface area contributed by atoms with Crippen molar-refractivity contribution in [1.29, 1.82) is 0 Å². The van der Waals surface area contributed by atoms with Gasteiger partial charge in [0.15, 0.2) is 0 Å². The molecule has 0 aromatic carbocycles. The summed E-state index contributed by atoms with van der Waals surface area (Å²) in [7, 11) is 0. The van der Waals surface area contributed by atoms with Crippen LogP contribution in [0.1, 0.15) is 60.3 Å². The molecule has 0 aromatic heterocycles. The number of hydrogen-bond donors (Lipinski definition) is 2. The minimum atomic E-state index is -0.725. The number of carbonyl (C=O) groups is 1. The number of carbonyl (C=O) groups excluding carboxylic acids is 1. The maximum atomic E-state index is 10.0. The van der Waals surface area contributed by atoms with Crippen LogP contribution in [0.3, 0.4) is 0 Å². The van der Waals surface area contributed by atoms with Gasteiger partial charge in [0.05, 0.1) is 0 Å². The van der Waals surface area contributed by atoms with Gasteiger partial charge >= 0.3 is 6.09 Å². The topological polar surface area (TPSA) is 67.6 Å². The van der Waals surface area contributed by atoms with Gasteiger partial charge in [-0.15, -0.1) is 0 Å². The quantitative estimate of drug-likeness (QED) is 0.790. The monoisotopic (exact) mass is 315 g/mol. The summed E-state index contributed by atoms with van der Waals surface area (Å²) < 4.78 is 4.58. The van der Waals surface area contributed by atoms with Crippen molar-refractivity contribution < 1.29 is 9.53 Å². The standard InChI is InChI=1S/C12H26N2.C5H11NO2/c1-3-14(4-2)11-5-6-12-7-9-13-10-8-12;1-5(2,3)8-4(6)7/h12-13H,3-11H2,1-2H3;1-3H3,(H2,6,7). The third-order valence-corrected chi connectivity index (χ3v) is 3.85. The van der Waals surface area contributed by atoms with Gasteiger partial charge in [-0.2, -0.15) is 0 Å². The smallest absolute Gasteiger partial charge is 0.405 e. The number of nitrogens with two attached hydrogens (primary N) is 1. The number of nitrogens with zero attached hydrogens (tertiary/aromatic N) is 1. The molecule has 1 aliphatic rings. The lowest BCUT2D eigenvalue weighted by atomic mass is 9.93. The summed E-state index contributed by atoms with van der Waals surface area (Å²) in [6, 6.07) is 0. The Kier molecular flexibility index (Phi) is 11.3. The fourth-order valence-electron chi connectivity index (χ4n) is 2.62. The minimum Gasteiger partial charge on any atom is -0.444 e. The first-order chi connectivity index (χ1) is 10.3. The molecule has 0 saturated carbocycles. The molecule has 1 aliphatic heterocycles. The van der Waals surface area contributed by atoms with E-state index in [9.17, 15) is 4.79 Å². The van der Waals surface area contributed by atoms with Crippen molar-refractivity contribution in [2.75, 3.05) is 32.7 Å². The molecule has 0 unspecified atom stereocenters. The van der Waals surface area contributed by atoms with E-state index in [-0.39, 0.29) is 0 Å². The van der Waals surface area contributed by atoms with Crippen molar-refractivity contribution in [3.63, 3.8) is 0 Å². The first kappa shape index (κ1) is 21.2. The van der Waals surface area contributed by atoms with Gasteiger partial charge in [0.1, 0.15) is 5.60 Å². The Morgan fingerprint density at radius 1 is 1.23 bits per heavy atom. The minimum absolute atomic E-state index is 0.453. The zero-order valence-corrected chi connectivity index (χ0v) is 15.3. The van der Waals surface area contributed by atoms with E-state index in [2.05, 4.69) is 28.8 Å². The number of amides is 1. The van der Waals surface area contributed by atoms with Gasteiger partial charge in [-0.25, -0.2) is 4.79 Å². The molecule has 3 N–H and O–H groups in total. The van der Waals surface area contributed by atoms with Gasteiger partial charge in [-0.3, -0.25) is 0 Å². The molecule has 1 fully saturated rings. The van der Waals surface area contributed by atoms with Gasteiger partial charge in [-0.1, -0.05) is 13.8 Å². The van der Waals surface area contributed by atoms with Crippen molar-refractivity contribution in [3.8, 4) is 0 Å². The molecule has 1 amide bonds. The second-order valence-electron chi connectivity index (χ2n) is 6.90. The van der Waals surface area contributed by atoms with Crippen LogP contribution in [0.2, 0.25) is 0 Å². The van der Waals surface area contributed by atoms with E-state index in [1.54, 1.807) is 20.8 Å². The first-order valence-corrected chi connectivity index (χ1v) is 8.70. The first-order valence-electron chi connectivity index (χ1n) is 8.70. The number of nitrogens with one attached hydrogen (secondary N) is 1. The molecule has 5 heteroatoms. The van der Waals surface area contributed by atoms with E-state index in [1.807, 2.05) is 0 Å². The van der Waals surface area contributed by atoms with Crippen molar-refractivity contribution >= 4 is 6.09 Å². The molecule has 0 atom stereocenters. The third-order valence-electron chi connectivity index (χ3n) is 3.85. The number of primary amides is 1. The molecule has 1 rings (SSSR count). The molecule has 132 valence electrons. The highest BCUT2D eigenvalue weighted by Gasteiger charge is 2.13. The summed E-state index contributed by atoms with van der Waals surface area (Å²) in [5.74, 6) is 1.01. The SMILES string of the molecule is CC(C)(C)OC(N)=O.CCN(CC)CCCC1CCNCC1. The normalized spacial score (nSPS) is 16.1. The van der Waals surface area contributed by atoms with Crippen LogP contribution in [-0.2, 0) is 4.74 Å². The van der Waals surface area contributed by atoms with Crippen molar-refractivity contribution in [1.82, 2.24) is 10.2 Å². The second kappa shape index (κ2) is 11.7. The van der Waals surface area contributed by atoms with E-state index in [1.165, 1.54) is 58.4 Å². The van der Waals surface area contributed by atoms with Gasteiger partial charge in [0.2, 0.25) is 0 Å². The largest absolute Gasteiger partial charge is 0.444 e. The van der Waals surface area contributed by atoms with Crippen molar-refractivity contribution in [2.24, 2.45) is 11.7 Å². The zero-order chi connectivity index (χ0) is 17.0. The highest BCUT2D eigenvalue weighted by atomic mass is 16.6. The fourth-order valence-corrected chi connectivity index (χ4v) is 2.62. The van der Waals surface area contributed by atoms with Crippen LogP contribution in [0.15, 0.2) is 0 Å². The summed E-state index contributed by atoms with van der Waals surface area (Å²) in [6.45, 7) is 16.0. The van der Waals surface area contributed by atoms with E-state index < -0.39 is 11.7 Å². The number of piperidine rings is 1. The molecule has 0 spiro atoms. The lowest BCUT2D eigenvalue weighted by Crippen LogP contribution is -2.29. The third kappa shape index (κ3) is 12.9. The molecule has 0 bridgehead atoms. The summed E-state index contributed by atoms with van der Waals surface area (Å²) in [6.07, 6.45) is 4.92. The molecule has 5 nitrogen and oxygen atoms in total. The predicted molar refractivity (Wildman–Crippen MR) is 93.0 cm³/mol. The Morgan fingerprint density at radius 3 is 2.14 bits per heavy atom. The van der Waals surface area contributed by atoms with Crippen LogP contribution >= 0.6 is 0 Å². The maximum Gasteiger partial charge on any atom is 0.405 e. The maximum absolute atomic E-state index is 10.0. The Labute approximate surface area is 137 Å². The van der Waals surface area contributed by atoms with Gasteiger partial charge in [0, 0.05) is 0 Å². The molecular weight excluding hydrogens is 278 g/mol. The summed E-state index contributed by atoms with van der Waals surface area (Å²) in [4.78, 5) is 12.5. The average molecular weight is 316 g/mol. The van der Waals surface area contributed by atoms with Crippen LogP contribution < -0.4 is 11.1 Å². The lowest BCUT2D eigenvalue weighted by molar-refractivity contribution is 0.0600. The summed E-state index contributed by atoms with van der Waals surface area (Å²) in [5, 5.41) is 3.43. The molecular formula is C17H37N3O2. The van der Waals surface area contributed by atoms with Crippen LogP contribution in [0, 0.1) is 5.92 Å². The summed E-state index contributed by atoms with van der Waals surface area (Å²) >= 11 is 0. The van der Waals surface area contributed by atoms with E-state index in [0.717, 1.165) is 5.92 Å². The van der Waals surface area contributed by atoms with Crippen LogP contribution in [-0.4, -0.2) is 49.3 Å². The Bertz CT molecular complexity index is 280. The van der Waals surface area contributed by atoms with Crippen LogP contribution in [0.5, 0.6) is 0 Å². The summed E-state index contributed by atoms with van der Waals surface area (Å²) in [5.41, 5.74) is 4.26. The lowest BCUT2D eigenvalue weighted by Gasteiger charge is -2.24. The molecule has 1 saturated heterocycles. The van der Waals surface area contributed by atoms with E-state index in [4.69, 9.17) is 5.73 Å². The Hall–Kier alpha value is -0.810. The Morgan fingerprint density at radius 2 is 1.77 bits per heavy atom. The molecule has 22 heavy (non-hydrogen) atoms. The van der Waals surface area contributed by atoms with Crippen LogP contribution in [0.25, 0.3) is 0 Å². The van der Waals surface area contributed by atoms with Gasteiger partial charge < -0.3 is 20.7 Å². The zero-order valence-electron chi connectivity index (χ0n) is 15.3. The average Bonchev–Trinajstić information content (AvgIpc) is 2.43. The molecule has 0 aromatic rings. The molecule has 1 heterocycles. The predicted octanol–water partition coefficient (Wildman–Crippen LogP) is 2.99. The highest BCUT2D eigenvalue weighted by Crippen LogP contribution is 2.17. The molecule has 0 aliphatic carbocycles. The van der Waals surface area contributed by atoms with Gasteiger partial charge in [0.25, 0.3) is 0 Å². The number of rotatable bonds is 6. The van der Waals surface area contributed by atoms with Crippen molar-refractivity contribution in [2.45, 2.75) is 65.9 Å². The highest BCUT2D eigenvalue weighted by molar-refractivity contribution is 5.65. The van der Waals surface area contributed by atoms with E-state index >= 15 is 0 Å². The second-order valence-corrected chi connectivity index (χ2v) is 6.90. The van der Waals surface area contributed by atoms with Crippen molar-refractivity contribution in [3.05, 3.63) is 0 Å². The Balaban J connectivity index is 0.000000472. The van der Waals surface area contributed by atoms with E-state index in [0.29, 0.717) is 0 Å². The fraction of sp³-hybridized carbons (Fsp3) is 0.941. The molecule has 0 radical (unpaired) electrons. The van der Waals surface area contributed by atoms with Crippen LogP contribution in [0.4, 0.5) is 4.79 Å². The number of ether oxygens (including phenoxy) is 1. The van der Waals surface area contributed by atoms with Gasteiger partial charge in [-0.05, 0) is 85.1 Å².